The molecule has 0 aliphatic carbocycles. The summed E-state index contributed by atoms with van der Waals surface area (Å²) in [5.41, 5.74) is 0.405. The maximum atomic E-state index is 14.9. The van der Waals surface area contributed by atoms with Crippen LogP contribution in [0.5, 0.6) is 5.75 Å². The van der Waals surface area contributed by atoms with Crippen LogP contribution in [0.1, 0.15) is 32.8 Å². The highest BCUT2D eigenvalue weighted by atomic mass is 19.3. The SMILES string of the molecule is Cc1c(OC(F)F)ccc(Nc2ncnc3ccc(N4C[C@@H]5C[C@H]4CN5C(=O)OC(C)(C)C)nc23)c1F. The third-order valence-electron chi connectivity index (χ3n) is 6.44. The summed E-state index contributed by atoms with van der Waals surface area (Å²) in [5, 5.41) is 2.91. The lowest BCUT2D eigenvalue weighted by Crippen LogP contribution is -2.50. The summed E-state index contributed by atoms with van der Waals surface area (Å²) in [4.78, 5) is 29.8. The van der Waals surface area contributed by atoms with Gasteiger partial charge in [-0.1, -0.05) is 0 Å². The molecule has 2 aromatic heterocycles. The fourth-order valence-electron chi connectivity index (χ4n) is 4.79. The molecule has 2 saturated heterocycles. The van der Waals surface area contributed by atoms with E-state index >= 15 is 0 Å². The number of hydrogen-bond donors (Lipinski definition) is 1. The molecule has 0 unspecified atom stereocenters. The molecule has 37 heavy (non-hydrogen) atoms. The summed E-state index contributed by atoms with van der Waals surface area (Å²) in [5.74, 6) is -0.0119. The predicted octanol–water partition coefficient (Wildman–Crippen LogP) is 5.02. The zero-order chi connectivity index (χ0) is 26.5. The highest BCUT2D eigenvalue weighted by molar-refractivity contribution is 5.88. The molecule has 1 aromatic carbocycles. The Bertz CT molecular complexity index is 1350. The molecule has 2 fully saturated rings. The first-order chi connectivity index (χ1) is 17.5. The lowest BCUT2D eigenvalue weighted by Gasteiger charge is -2.35. The summed E-state index contributed by atoms with van der Waals surface area (Å²) in [6.07, 6.45) is 1.84. The largest absolute Gasteiger partial charge is 0.444 e. The molecule has 1 amide bonds. The number of hydrogen-bond acceptors (Lipinski definition) is 8. The molecule has 5 rings (SSSR count). The van der Waals surface area contributed by atoms with E-state index in [0.717, 1.165) is 6.42 Å². The quantitative estimate of drug-likeness (QED) is 0.506. The molecule has 3 aromatic rings. The Labute approximate surface area is 211 Å². The number of anilines is 3. The molecule has 9 nitrogen and oxygen atoms in total. The molecule has 196 valence electrons. The number of likely N-dealkylation sites (tertiary alicyclic amines) is 1. The van der Waals surface area contributed by atoms with Crippen molar-refractivity contribution in [3.63, 3.8) is 0 Å². The second-order valence-electron chi connectivity index (χ2n) is 10.1. The zero-order valence-corrected chi connectivity index (χ0v) is 20.8. The maximum absolute atomic E-state index is 14.9. The molecule has 2 aliphatic heterocycles. The third kappa shape index (κ3) is 4.92. The highest BCUT2D eigenvalue weighted by Gasteiger charge is 2.47. The van der Waals surface area contributed by atoms with E-state index in [9.17, 15) is 18.0 Å². The van der Waals surface area contributed by atoms with Crippen LogP contribution < -0.4 is 15.0 Å². The van der Waals surface area contributed by atoms with Crippen molar-refractivity contribution in [2.45, 2.75) is 58.4 Å². The molecule has 2 atom stereocenters. The van der Waals surface area contributed by atoms with Crippen LogP contribution in [-0.2, 0) is 4.74 Å². The van der Waals surface area contributed by atoms with Gasteiger partial charge >= 0.3 is 12.7 Å². The first-order valence-electron chi connectivity index (χ1n) is 11.9. The van der Waals surface area contributed by atoms with Crippen molar-refractivity contribution in [2.24, 2.45) is 0 Å². The van der Waals surface area contributed by atoms with Gasteiger partial charge in [-0.15, -0.1) is 0 Å². The topological polar surface area (TPSA) is 92.7 Å². The van der Waals surface area contributed by atoms with Gasteiger partial charge in [0.05, 0.1) is 23.3 Å². The summed E-state index contributed by atoms with van der Waals surface area (Å²) < 4.78 is 50.0. The number of nitrogens with zero attached hydrogens (tertiary/aromatic N) is 5. The van der Waals surface area contributed by atoms with E-state index in [1.807, 2.05) is 32.9 Å². The van der Waals surface area contributed by atoms with Gasteiger partial charge < -0.3 is 24.6 Å². The Balaban J connectivity index is 1.38. The monoisotopic (exact) mass is 516 g/mol. The predicted molar refractivity (Wildman–Crippen MR) is 131 cm³/mol. The van der Waals surface area contributed by atoms with Gasteiger partial charge in [0.1, 0.15) is 29.0 Å². The zero-order valence-electron chi connectivity index (χ0n) is 20.8. The molecule has 0 saturated carbocycles. The number of fused-ring (bicyclic) bond motifs is 3. The minimum atomic E-state index is -3.05. The van der Waals surface area contributed by atoms with Crippen LogP contribution in [0.3, 0.4) is 0 Å². The number of benzene rings is 1. The van der Waals surface area contributed by atoms with Crippen LogP contribution in [0.2, 0.25) is 0 Å². The van der Waals surface area contributed by atoms with Gasteiger partial charge in [-0.25, -0.2) is 24.1 Å². The molecule has 0 radical (unpaired) electrons. The van der Waals surface area contributed by atoms with Crippen LogP contribution in [0.25, 0.3) is 11.0 Å². The smallest absolute Gasteiger partial charge is 0.410 e. The van der Waals surface area contributed by atoms with E-state index < -0.39 is 18.0 Å². The summed E-state index contributed by atoms with van der Waals surface area (Å²) in [6, 6.07) is 6.36. The van der Waals surface area contributed by atoms with Gasteiger partial charge in [-0.3, -0.25) is 0 Å². The number of nitrogens with one attached hydrogen (secondary N) is 1. The average molecular weight is 517 g/mol. The number of carbonyl (C=O) groups is 1. The minimum absolute atomic E-state index is 0.0213. The number of carbonyl (C=O) groups excluding carboxylic acids is 1. The minimum Gasteiger partial charge on any atom is -0.444 e. The molecule has 4 heterocycles. The van der Waals surface area contributed by atoms with Crippen molar-refractivity contribution in [3.05, 3.63) is 42.0 Å². The number of halogens is 3. The number of rotatable bonds is 5. The number of aromatic nitrogens is 3. The standard InChI is InChI=1S/C25H27F3N6O3/c1-13-18(36-23(27)28)7-5-16(20(13)26)31-22-21-17(29-12-30-22)6-8-19(32-21)33-10-15-9-14(33)11-34(15)24(35)37-25(2,3)4/h5-8,12,14-15,23H,9-11H2,1-4H3,(H,29,30,31)/t14-,15-/m0/s1. The maximum Gasteiger partial charge on any atom is 0.410 e. The molecule has 2 aliphatic rings. The van der Waals surface area contributed by atoms with Crippen molar-refractivity contribution in [1.29, 1.82) is 0 Å². The number of piperazine rings is 1. The van der Waals surface area contributed by atoms with Crippen LogP contribution in [0.4, 0.5) is 35.3 Å². The van der Waals surface area contributed by atoms with Gasteiger partial charge in [-0.2, -0.15) is 8.78 Å². The van der Waals surface area contributed by atoms with Gasteiger partial charge in [0.2, 0.25) is 0 Å². The van der Waals surface area contributed by atoms with E-state index in [-0.39, 0.29) is 41.0 Å². The summed E-state index contributed by atoms with van der Waals surface area (Å²) in [6.45, 7) is 4.98. The summed E-state index contributed by atoms with van der Waals surface area (Å²) >= 11 is 0. The van der Waals surface area contributed by atoms with E-state index in [1.165, 1.54) is 25.4 Å². The molecular formula is C25H27F3N6O3. The van der Waals surface area contributed by atoms with Gasteiger partial charge in [0.25, 0.3) is 0 Å². The Morgan fingerprint density at radius 3 is 2.59 bits per heavy atom. The van der Waals surface area contributed by atoms with E-state index in [4.69, 9.17) is 9.72 Å². The first kappa shape index (κ1) is 24.8. The number of pyridine rings is 1. The third-order valence-corrected chi connectivity index (χ3v) is 6.44. The van der Waals surface area contributed by atoms with Crippen LogP contribution in [-0.4, -0.2) is 63.3 Å². The second kappa shape index (κ2) is 9.24. The number of alkyl halides is 2. The van der Waals surface area contributed by atoms with Crippen molar-refractivity contribution in [1.82, 2.24) is 19.9 Å². The first-order valence-corrected chi connectivity index (χ1v) is 11.9. The van der Waals surface area contributed by atoms with Crippen LogP contribution in [0.15, 0.2) is 30.6 Å². The molecule has 12 heteroatoms. The molecule has 0 spiro atoms. The fraction of sp³-hybridized carbons (Fsp3) is 0.440. The van der Waals surface area contributed by atoms with E-state index in [0.29, 0.717) is 29.9 Å². The lowest BCUT2D eigenvalue weighted by atomic mass is 10.2. The van der Waals surface area contributed by atoms with Crippen molar-refractivity contribution < 1.29 is 27.4 Å². The number of ether oxygens (including phenoxy) is 2. The van der Waals surface area contributed by atoms with Crippen molar-refractivity contribution >= 4 is 34.4 Å². The Kier molecular flexibility index (Phi) is 6.20. The Morgan fingerprint density at radius 2 is 1.92 bits per heavy atom. The number of amides is 1. The van der Waals surface area contributed by atoms with E-state index in [1.54, 1.807) is 4.90 Å². The average Bonchev–Trinajstić information content (AvgIpc) is 3.44. The van der Waals surface area contributed by atoms with Gasteiger partial charge in [-0.05, 0) is 58.4 Å². The van der Waals surface area contributed by atoms with Crippen LogP contribution in [0, 0.1) is 12.7 Å². The Hall–Kier alpha value is -3.83. The second-order valence-corrected chi connectivity index (χ2v) is 10.1. The van der Waals surface area contributed by atoms with Crippen molar-refractivity contribution in [3.8, 4) is 5.75 Å². The summed E-state index contributed by atoms with van der Waals surface area (Å²) in [7, 11) is 0. The molecule has 1 N–H and O–H groups in total. The van der Waals surface area contributed by atoms with Crippen molar-refractivity contribution in [2.75, 3.05) is 23.3 Å². The Morgan fingerprint density at radius 1 is 1.14 bits per heavy atom. The highest BCUT2D eigenvalue weighted by Crippen LogP contribution is 2.36. The van der Waals surface area contributed by atoms with Gasteiger partial charge in [0.15, 0.2) is 11.6 Å². The van der Waals surface area contributed by atoms with Crippen LogP contribution >= 0.6 is 0 Å². The lowest BCUT2D eigenvalue weighted by molar-refractivity contribution is -0.0504. The van der Waals surface area contributed by atoms with E-state index in [2.05, 4.69) is 24.9 Å². The normalized spacial score (nSPS) is 19.1. The fourth-order valence-corrected chi connectivity index (χ4v) is 4.79. The molecular weight excluding hydrogens is 489 g/mol. The van der Waals surface area contributed by atoms with Gasteiger partial charge in [0, 0.05) is 18.7 Å². The molecule has 2 bridgehead atoms.